The first-order valence-corrected chi connectivity index (χ1v) is 10.4. The minimum Gasteiger partial charge on any atom is -0.346 e. The number of thiophene rings is 1. The lowest BCUT2D eigenvalue weighted by Gasteiger charge is -2.08. The Morgan fingerprint density at radius 2 is 1.93 bits per heavy atom. The number of nitrogens with zero attached hydrogens (tertiary/aromatic N) is 3. The third-order valence-electron chi connectivity index (χ3n) is 3.93. The molecular formula is C18H16F3N5O2S2. The average Bonchev–Trinajstić information content (AvgIpc) is 3.36. The molecule has 0 atom stereocenters. The maximum atomic E-state index is 13.6. The van der Waals surface area contributed by atoms with Gasteiger partial charge in [0.1, 0.15) is 5.82 Å². The van der Waals surface area contributed by atoms with Crippen LogP contribution in [-0.2, 0) is 23.1 Å². The molecule has 0 unspecified atom stereocenters. The molecule has 1 aromatic carbocycles. The fourth-order valence-corrected chi connectivity index (χ4v) is 3.83. The molecule has 0 saturated heterocycles. The number of thioether (sulfide) groups is 1. The normalized spacial score (nSPS) is 10.8. The van der Waals surface area contributed by atoms with E-state index in [0.29, 0.717) is 17.6 Å². The van der Waals surface area contributed by atoms with E-state index in [1.807, 2.05) is 17.5 Å². The Balaban J connectivity index is 1.45. The highest BCUT2D eigenvalue weighted by atomic mass is 32.2. The van der Waals surface area contributed by atoms with E-state index in [4.69, 9.17) is 0 Å². The van der Waals surface area contributed by atoms with Gasteiger partial charge in [0.25, 0.3) is 0 Å². The van der Waals surface area contributed by atoms with E-state index in [0.717, 1.165) is 28.5 Å². The molecule has 0 fully saturated rings. The van der Waals surface area contributed by atoms with Gasteiger partial charge in [-0.2, -0.15) is 0 Å². The van der Waals surface area contributed by atoms with Crippen LogP contribution in [0.2, 0.25) is 0 Å². The minimum atomic E-state index is -1.68. The van der Waals surface area contributed by atoms with E-state index in [1.165, 1.54) is 0 Å². The Bertz CT molecular complexity index is 1060. The van der Waals surface area contributed by atoms with Gasteiger partial charge in [-0.05, 0) is 23.6 Å². The van der Waals surface area contributed by atoms with Crippen molar-refractivity contribution in [2.45, 2.75) is 11.6 Å². The quantitative estimate of drug-likeness (QED) is 0.403. The lowest BCUT2D eigenvalue weighted by Crippen LogP contribution is -2.34. The molecule has 158 valence electrons. The predicted octanol–water partition coefficient (Wildman–Crippen LogP) is 2.73. The van der Waals surface area contributed by atoms with Crippen LogP contribution in [0, 0.1) is 17.5 Å². The SMILES string of the molecule is Cn1c(Cc2cccs2)nnc1SCC(=O)NCC(=O)Nc1ccc(F)c(F)c1F. The lowest BCUT2D eigenvalue weighted by atomic mass is 10.2. The van der Waals surface area contributed by atoms with Gasteiger partial charge in [-0.25, -0.2) is 13.2 Å². The standard InChI is InChI=1S/C18H16F3N5O2S2/c1-26-13(7-10-3-2-6-29-10)24-25-18(26)30-9-15(28)22-8-14(27)23-12-5-4-11(19)16(20)17(12)21/h2-6H,7-9H2,1H3,(H,22,28)(H,23,27). The maximum Gasteiger partial charge on any atom is 0.243 e. The Hall–Kier alpha value is -2.86. The molecule has 0 aliphatic rings. The fraction of sp³-hybridized carbons (Fsp3) is 0.222. The average molecular weight is 455 g/mol. The van der Waals surface area contributed by atoms with Crippen LogP contribution < -0.4 is 10.6 Å². The predicted molar refractivity (Wildman–Crippen MR) is 107 cm³/mol. The second-order valence-electron chi connectivity index (χ2n) is 6.05. The Morgan fingerprint density at radius 3 is 2.67 bits per heavy atom. The second kappa shape index (κ2) is 9.76. The van der Waals surface area contributed by atoms with Gasteiger partial charge < -0.3 is 15.2 Å². The highest BCUT2D eigenvalue weighted by Crippen LogP contribution is 2.20. The number of rotatable bonds is 8. The largest absolute Gasteiger partial charge is 0.346 e. The third-order valence-corrected chi connectivity index (χ3v) is 5.82. The summed E-state index contributed by atoms with van der Waals surface area (Å²) < 4.78 is 41.4. The first-order valence-electron chi connectivity index (χ1n) is 8.58. The number of nitrogens with one attached hydrogen (secondary N) is 2. The molecule has 3 rings (SSSR count). The highest BCUT2D eigenvalue weighted by molar-refractivity contribution is 7.99. The second-order valence-corrected chi connectivity index (χ2v) is 8.03. The summed E-state index contributed by atoms with van der Waals surface area (Å²) in [5.41, 5.74) is -0.514. The number of hydrogen-bond donors (Lipinski definition) is 2. The number of anilines is 1. The van der Waals surface area contributed by atoms with E-state index in [1.54, 1.807) is 23.0 Å². The summed E-state index contributed by atoms with van der Waals surface area (Å²) in [6.07, 6.45) is 0.634. The highest BCUT2D eigenvalue weighted by Gasteiger charge is 2.16. The van der Waals surface area contributed by atoms with E-state index >= 15 is 0 Å². The van der Waals surface area contributed by atoms with E-state index in [9.17, 15) is 22.8 Å². The van der Waals surface area contributed by atoms with Crippen molar-refractivity contribution < 1.29 is 22.8 Å². The Morgan fingerprint density at radius 1 is 1.13 bits per heavy atom. The molecule has 2 amide bonds. The van der Waals surface area contributed by atoms with Crippen LogP contribution in [0.4, 0.5) is 18.9 Å². The maximum absolute atomic E-state index is 13.6. The van der Waals surface area contributed by atoms with Crippen LogP contribution in [0.3, 0.4) is 0 Å². The number of aromatic nitrogens is 3. The van der Waals surface area contributed by atoms with Crippen molar-refractivity contribution in [3.63, 3.8) is 0 Å². The van der Waals surface area contributed by atoms with Crippen LogP contribution in [-0.4, -0.2) is 38.9 Å². The van der Waals surface area contributed by atoms with Gasteiger partial charge in [0.2, 0.25) is 11.8 Å². The van der Waals surface area contributed by atoms with E-state index in [2.05, 4.69) is 20.8 Å². The van der Waals surface area contributed by atoms with Crippen molar-refractivity contribution in [2.75, 3.05) is 17.6 Å². The number of carbonyl (C=O) groups excluding carboxylic acids is 2. The van der Waals surface area contributed by atoms with Crippen molar-refractivity contribution in [3.8, 4) is 0 Å². The van der Waals surface area contributed by atoms with Crippen molar-refractivity contribution in [2.24, 2.45) is 7.05 Å². The molecule has 2 aromatic heterocycles. The molecule has 12 heteroatoms. The molecule has 0 saturated carbocycles. The summed E-state index contributed by atoms with van der Waals surface area (Å²) in [4.78, 5) is 24.9. The van der Waals surface area contributed by atoms with Crippen LogP contribution in [0.15, 0.2) is 34.8 Å². The van der Waals surface area contributed by atoms with Gasteiger partial charge in [-0.3, -0.25) is 9.59 Å². The molecule has 2 N–H and O–H groups in total. The van der Waals surface area contributed by atoms with Crippen LogP contribution in [0.25, 0.3) is 0 Å². The monoisotopic (exact) mass is 455 g/mol. The number of benzene rings is 1. The number of carbonyl (C=O) groups is 2. The molecule has 0 aliphatic carbocycles. The van der Waals surface area contributed by atoms with Gasteiger partial charge in [0.15, 0.2) is 22.6 Å². The number of amides is 2. The van der Waals surface area contributed by atoms with Crippen molar-refractivity contribution >= 4 is 40.6 Å². The van der Waals surface area contributed by atoms with Gasteiger partial charge in [-0.15, -0.1) is 21.5 Å². The van der Waals surface area contributed by atoms with Gasteiger partial charge in [0, 0.05) is 18.3 Å². The Kier molecular flexibility index (Phi) is 7.11. The molecule has 2 heterocycles. The summed E-state index contributed by atoms with van der Waals surface area (Å²) in [6, 6.07) is 5.53. The van der Waals surface area contributed by atoms with Gasteiger partial charge in [-0.1, -0.05) is 17.8 Å². The van der Waals surface area contributed by atoms with Crippen molar-refractivity contribution in [1.29, 1.82) is 0 Å². The summed E-state index contributed by atoms with van der Waals surface area (Å²) in [5, 5.41) is 15.1. The summed E-state index contributed by atoms with van der Waals surface area (Å²) in [5.74, 6) is -5.05. The smallest absolute Gasteiger partial charge is 0.243 e. The number of hydrogen-bond acceptors (Lipinski definition) is 6. The van der Waals surface area contributed by atoms with Crippen LogP contribution in [0.1, 0.15) is 10.7 Å². The molecule has 30 heavy (non-hydrogen) atoms. The van der Waals surface area contributed by atoms with Gasteiger partial charge in [0.05, 0.1) is 18.0 Å². The van der Waals surface area contributed by atoms with Crippen molar-refractivity contribution in [1.82, 2.24) is 20.1 Å². The lowest BCUT2D eigenvalue weighted by molar-refractivity contribution is -0.122. The topological polar surface area (TPSA) is 88.9 Å². The molecule has 3 aromatic rings. The molecule has 0 aliphatic heterocycles. The Labute approximate surface area is 177 Å². The van der Waals surface area contributed by atoms with E-state index in [-0.39, 0.29) is 5.75 Å². The van der Waals surface area contributed by atoms with Crippen molar-refractivity contribution in [3.05, 3.63) is 57.8 Å². The minimum absolute atomic E-state index is 0.0161. The van der Waals surface area contributed by atoms with E-state index < -0.39 is 41.5 Å². The zero-order chi connectivity index (χ0) is 21.7. The third kappa shape index (κ3) is 5.39. The summed E-state index contributed by atoms with van der Waals surface area (Å²) >= 11 is 2.76. The van der Waals surface area contributed by atoms with Gasteiger partial charge >= 0.3 is 0 Å². The first kappa shape index (κ1) is 21.8. The van der Waals surface area contributed by atoms with Crippen LogP contribution >= 0.6 is 23.1 Å². The summed E-state index contributed by atoms with van der Waals surface area (Å²) in [7, 11) is 1.80. The molecule has 0 bridgehead atoms. The zero-order valence-corrected chi connectivity index (χ0v) is 17.2. The molecule has 7 nitrogen and oxygen atoms in total. The van der Waals surface area contributed by atoms with Crippen LogP contribution in [0.5, 0.6) is 0 Å². The zero-order valence-electron chi connectivity index (χ0n) is 15.6. The molecule has 0 spiro atoms. The first-order chi connectivity index (χ1) is 14.3. The summed E-state index contributed by atoms with van der Waals surface area (Å²) in [6.45, 7) is -0.458. The molecular weight excluding hydrogens is 439 g/mol. The molecule has 0 radical (unpaired) electrons. The fourth-order valence-electron chi connectivity index (χ4n) is 2.37. The number of halogens is 3.